The van der Waals surface area contributed by atoms with Gasteiger partial charge in [0.2, 0.25) is 0 Å². The first-order valence-corrected chi connectivity index (χ1v) is 17.8. The Morgan fingerprint density at radius 2 is 1.11 bits per heavy atom. The zero-order valence-corrected chi connectivity index (χ0v) is 29.3. The van der Waals surface area contributed by atoms with E-state index in [-0.39, 0.29) is 0 Å². The largest absolute Gasteiger partial charge is 0.309 e. The van der Waals surface area contributed by atoms with Crippen molar-refractivity contribution in [2.24, 2.45) is 0 Å². The van der Waals surface area contributed by atoms with E-state index in [0.717, 1.165) is 61.8 Å². The average molecular weight is 682 g/mol. The summed E-state index contributed by atoms with van der Waals surface area (Å²) in [5.74, 6) is 1.88. The summed E-state index contributed by atoms with van der Waals surface area (Å²) >= 11 is 0. The summed E-state index contributed by atoms with van der Waals surface area (Å²) in [4.78, 5) is 17.4. The van der Waals surface area contributed by atoms with E-state index in [1.807, 2.05) is 79.7 Å². The molecule has 0 unspecified atom stereocenters. The van der Waals surface area contributed by atoms with Crippen LogP contribution in [0.5, 0.6) is 0 Å². The van der Waals surface area contributed by atoms with E-state index >= 15 is 0 Å². The summed E-state index contributed by atoms with van der Waals surface area (Å²) in [6.07, 6.45) is 8.18. The van der Waals surface area contributed by atoms with Crippen molar-refractivity contribution < 1.29 is 0 Å². The monoisotopic (exact) mass is 681 g/mol. The highest BCUT2D eigenvalue weighted by molar-refractivity contribution is 6.13. The SMILES string of the molecule is C=C/C(=C\C=C/C)n1c2c(c3ccccc31)-c1ccccc1N(c1cccc(-c3nc(-c4ccccc4)nc(-c4ccccc4)n3)c1)c1ccccc1-2. The lowest BCUT2D eigenvalue weighted by atomic mass is 9.98. The van der Waals surface area contributed by atoms with E-state index in [9.17, 15) is 0 Å². The van der Waals surface area contributed by atoms with Crippen molar-refractivity contribution in [3.05, 3.63) is 189 Å². The van der Waals surface area contributed by atoms with E-state index in [1.54, 1.807) is 0 Å². The van der Waals surface area contributed by atoms with Crippen LogP contribution >= 0.6 is 0 Å². The molecule has 5 heteroatoms. The third-order valence-corrected chi connectivity index (χ3v) is 9.68. The van der Waals surface area contributed by atoms with Crippen LogP contribution in [0, 0.1) is 0 Å². The van der Waals surface area contributed by atoms with E-state index in [2.05, 4.69) is 125 Å². The zero-order chi connectivity index (χ0) is 35.7. The molecular weight excluding hydrogens is 647 g/mol. The summed E-state index contributed by atoms with van der Waals surface area (Å²) in [7, 11) is 0. The van der Waals surface area contributed by atoms with Gasteiger partial charge in [-0.05, 0) is 49.4 Å². The maximum Gasteiger partial charge on any atom is 0.164 e. The maximum atomic E-state index is 5.05. The predicted molar refractivity (Wildman–Crippen MR) is 220 cm³/mol. The molecule has 9 rings (SSSR count). The Labute approximate surface area is 309 Å². The second-order valence-corrected chi connectivity index (χ2v) is 12.9. The quantitative estimate of drug-likeness (QED) is 0.157. The number of allylic oxidation sites excluding steroid dienone is 5. The van der Waals surface area contributed by atoms with Gasteiger partial charge in [0.05, 0.1) is 22.6 Å². The minimum atomic E-state index is 0.612. The van der Waals surface area contributed by atoms with Crippen LogP contribution in [-0.2, 0) is 0 Å². The van der Waals surface area contributed by atoms with E-state index in [1.165, 1.54) is 10.9 Å². The van der Waals surface area contributed by atoms with Gasteiger partial charge in [-0.15, -0.1) is 0 Å². The van der Waals surface area contributed by atoms with Gasteiger partial charge in [-0.1, -0.05) is 146 Å². The smallest absolute Gasteiger partial charge is 0.164 e. The highest BCUT2D eigenvalue weighted by Gasteiger charge is 2.31. The van der Waals surface area contributed by atoms with E-state index in [4.69, 9.17) is 15.0 Å². The number of benzene rings is 6. The Kier molecular flexibility index (Phi) is 8.14. The molecule has 0 aliphatic carbocycles. The van der Waals surface area contributed by atoms with Crippen molar-refractivity contribution in [2.75, 3.05) is 4.90 Å². The molecule has 0 radical (unpaired) electrons. The van der Waals surface area contributed by atoms with E-state index < -0.39 is 0 Å². The molecule has 0 atom stereocenters. The fourth-order valence-electron chi connectivity index (χ4n) is 7.34. The van der Waals surface area contributed by atoms with Crippen molar-refractivity contribution in [1.82, 2.24) is 19.5 Å². The Balaban J connectivity index is 1.28. The summed E-state index contributed by atoms with van der Waals surface area (Å²) in [6, 6.07) is 54.8. The van der Waals surface area contributed by atoms with Crippen molar-refractivity contribution in [3.8, 4) is 56.5 Å². The van der Waals surface area contributed by atoms with Crippen LogP contribution < -0.4 is 4.90 Å². The number of hydrogen-bond donors (Lipinski definition) is 0. The number of para-hydroxylation sites is 3. The third kappa shape index (κ3) is 5.56. The van der Waals surface area contributed by atoms with Crippen molar-refractivity contribution in [2.45, 2.75) is 6.92 Å². The standard InChI is InChI=1S/C48H35N5/c1-3-5-24-36(4-2)53-42-30-16-13-27-39(42)44-38-26-12-15-29-41(38)52(43-31-17-14-28-40(43)45(44)53)37-25-18-23-35(32-37)48-50-46(33-19-8-6-9-20-33)49-47(51-48)34-21-10-7-11-22-34/h3-32H,2H2,1H3/b5-3-,36-24+. The van der Waals surface area contributed by atoms with Gasteiger partial charge >= 0.3 is 0 Å². The molecule has 5 nitrogen and oxygen atoms in total. The highest BCUT2D eigenvalue weighted by atomic mass is 15.2. The first kappa shape index (κ1) is 31.8. The van der Waals surface area contributed by atoms with Gasteiger partial charge in [-0.25, -0.2) is 15.0 Å². The third-order valence-electron chi connectivity index (χ3n) is 9.68. The lowest BCUT2D eigenvalue weighted by Crippen LogP contribution is -2.11. The molecule has 1 aliphatic heterocycles. The number of fused-ring (bicyclic) bond motifs is 7. The molecule has 8 aromatic rings. The van der Waals surface area contributed by atoms with Gasteiger partial charge in [-0.3, -0.25) is 0 Å². The molecule has 0 amide bonds. The molecule has 53 heavy (non-hydrogen) atoms. The van der Waals surface area contributed by atoms with Crippen molar-refractivity contribution in [3.63, 3.8) is 0 Å². The number of hydrogen-bond acceptors (Lipinski definition) is 4. The Bertz CT molecular complexity index is 2650. The summed E-state index contributed by atoms with van der Waals surface area (Å²) in [6.45, 7) is 6.28. The van der Waals surface area contributed by atoms with Gasteiger partial charge in [0.15, 0.2) is 17.5 Å². The number of anilines is 3. The van der Waals surface area contributed by atoms with Crippen LogP contribution in [0.3, 0.4) is 0 Å². The molecule has 2 aromatic heterocycles. The number of aromatic nitrogens is 4. The lowest BCUT2D eigenvalue weighted by Gasteiger charge is -2.28. The summed E-state index contributed by atoms with van der Waals surface area (Å²) in [5, 5.41) is 1.18. The van der Waals surface area contributed by atoms with Gasteiger partial charge in [-0.2, -0.15) is 0 Å². The Morgan fingerprint density at radius 3 is 1.77 bits per heavy atom. The highest BCUT2D eigenvalue weighted by Crippen LogP contribution is 2.54. The van der Waals surface area contributed by atoms with Crippen LogP contribution in [0.1, 0.15) is 6.92 Å². The van der Waals surface area contributed by atoms with Gasteiger partial charge in [0.25, 0.3) is 0 Å². The zero-order valence-electron chi connectivity index (χ0n) is 29.3. The topological polar surface area (TPSA) is 46.8 Å². The summed E-state index contributed by atoms with van der Waals surface area (Å²) < 4.78 is 2.36. The molecule has 252 valence electrons. The van der Waals surface area contributed by atoms with Crippen LogP contribution in [0.4, 0.5) is 17.1 Å². The van der Waals surface area contributed by atoms with E-state index in [0.29, 0.717) is 17.5 Å². The van der Waals surface area contributed by atoms with Crippen molar-refractivity contribution in [1.29, 1.82) is 0 Å². The molecule has 6 aromatic carbocycles. The molecule has 3 heterocycles. The van der Waals surface area contributed by atoms with Gasteiger partial charge in [0, 0.05) is 50.2 Å². The molecule has 0 fully saturated rings. The second kappa shape index (κ2) is 13.5. The van der Waals surface area contributed by atoms with Gasteiger partial charge < -0.3 is 9.47 Å². The molecule has 0 saturated heterocycles. The molecular formula is C48H35N5. The molecule has 0 N–H and O–H groups in total. The number of nitrogens with zero attached hydrogens (tertiary/aromatic N) is 5. The lowest BCUT2D eigenvalue weighted by molar-refractivity contribution is 1.07. The van der Waals surface area contributed by atoms with Crippen LogP contribution in [0.15, 0.2) is 189 Å². The van der Waals surface area contributed by atoms with Crippen LogP contribution in [0.25, 0.3) is 73.1 Å². The maximum absolute atomic E-state index is 5.05. The Morgan fingerprint density at radius 1 is 0.566 bits per heavy atom. The number of rotatable bonds is 7. The summed E-state index contributed by atoms with van der Waals surface area (Å²) in [5.41, 5.74) is 12.6. The van der Waals surface area contributed by atoms with Crippen LogP contribution in [-0.4, -0.2) is 19.5 Å². The van der Waals surface area contributed by atoms with Crippen LogP contribution in [0.2, 0.25) is 0 Å². The first-order valence-electron chi connectivity index (χ1n) is 17.8. The molecule has 1 aliphatic rings. The second-order valence-electron chi connectivity index (χ2n) is 12.9. The molecule has 0 saturated carbocycles. The van der Waals surface area contributed by atoms with Gasteiger partial charge in [0.1, 0.15) is 0 Å². The molecule has 0 spiro atoms. The normalized spacial score (nSPS) is 12.3. The Hall–Kier alpha value is -7.11. The fourth-order valence-corrected chi connectivity index (χ4v) is 7.34. The fraction of sp³-hybridized carbons (Fsp3) is 0.0208. The van der Waals surface area contributed by atoms with Crippen molar-refractivity contribution >= 4 is 33.7 Å². The minimum absolute atomic E-state index is 0.612. The first-order chi connectivity index (χ1) is 26.2. The molecule has 0 bridgehead atoms. The predicted octanol–water partition coefficient (Wildman–Crippen LogP) is 12.5. The average Bonchev–Trinajstić information content (AvgIpc) is 3.50. The minimum Gasteiger partial charge on any atom is -0.309 e.